The van der Waals surface area contributed by atoms with E-state index in [0.29, 0.717) is 10.0 Å². The summed E-state index contributed by atoms with van der Waals surface area (Å²) in [4.78, 5) is 0. The second-order valence-electron chi connectivity index (χ2n) is 4.30. The molecule has 0 aliphatic heterocycles. The summed E-state index contributed by atoms with van der Waals surface area (Å²) in [6.07, 6.45) is 2.80. The lowest BCUT2D eigenvalue weighted by Crippen LogP contribution is -2.15. The predicted octanol–water partition coefficient (Wildman–Crippen LogP) is 5.32. The molecule has 1 aromatic rings. The molecule has 0 saturated heterocycles. The highest BCUT2D eigenvalue weighted by Gasteiger charge is 2.20. The van der Waals surface area contributed by atoms with Crippen LogP contribution >= 0.6 is 23.2 Å². The van der Waals surface area contributed by atoms with Crippen LogP contribution in [0.1, 0.15) is 38.3 Å². The fourth-order valence-electron chi connectivity index (χ4n) is 1.35. The van der Waals surface area contributed by atoms with Crippen LogP contribution in [0.3, 0.4) is 0 Å². The van der Waals surface area contributed by atoms with E-state index in [-0.39, 0.29) is 5.41 Å². The molecule has 0 atom stereocenters. The van der Waals surface area contributed by atoms with Crippen molar-refractivity contribution in [1.82, 2.24) is 0 Å². The van der Waals surface area contributed by atoms with Crippen molar-refractivity contribution < 1.29 is 0 Å². The van der Waals surface area contributed by atoms with Gasteiger partial charge in [0.1, 0.15) is 0 Å². The minimum atomic E-state index is 0.117. The molecule has 0 heterocycles. The lowest BCUT2D eigenvalue weighted by molar-refractivity contribution is 0.506. The van der Waals surface area contributed by atoms with E-state index >= 15 is 0 Å². The number of hydrogen-bond acceptors (Lipinski definition) is 0. The zero-order valence-corrected chi connectivity index (χ0v) is 10.9. The Morgan fingerprint density at radius 3 is 2.40 bits per heavy atom. The molecule has 0 aromatic heterocycles. The van der Waals surface area contributed by atoms with Gasteiger partial charge in [0.05, 0.1) is 10.0 Å². The van der Waals surface area contributed by atoms with Crippen LogP contribution in [0, 0.1) is 0 Å². The fraction of sp³-hybridized carbons (Fsp3) is 0.385. The molecule has 0 fully saturated rings. The van der Waals surface area contributed by atoms with Gasteiger partial charge in [0.15, 0.2) is 0 Å². The van der Waals surface area contributed by atoms with E-state index in [1.165, 1.54) is 5.56 Å². The summed E-state index contributed by atoms with van der Waals surface area (Å²) in [7, 11) is 0. The van der Waals surface area contributed by atoms with E-state index in [9.17, 15) is 0 Å². The first-order valence-corrected chi connectivity index (χ1v) is 5.80. The highest BCUT2D eigenvalue weighted by molar-refractivity contribution is 6.42. The highest BCUT2D eigenvalue weighted by Crippen LogP contribution is 2.34. The van der Waals surface area contributed by atoms with Gasteiger partial charge in [-0.1, -0.05) is 56.6 Å². The molecule has 0 spiro atoms. The molecule has 0 bridgehead atoms. The second kappa shape index (κ2) is 4.59. The largest absolute Gasteiger partial charge is 0.0984 e. The molecule has 0 aliphatic rings. The van der Waals surface area contributed by atoms with Crippen molar-refractivity contribution >= 4 is 29.3 Å². The molecule has 0 radical (unpaired) electrons. The average Bonchev–Trinajstić information content (AvgIpc) is 2.21. The Kier molecular flexibility index (Phi) is 3.86. The van der Waals surface area contributed by atoms with Crippen molar-refractivity contribution in [3.05, 3.63) is 39.9 Å². The lowest BCUT2D eigenvalue weighted by Gasteiger charge is -2.24. The van der Waals surface area contributed by atoms with Gasteiger partial charge in [0.2, 0.25) is 0 Å². The Labute approximate surface area is 102 Å². The van der Waals surface area contributed by atoms with Crippen molar-refractivity contribution in [3.8, 4) is 0 Å². The summed E-state index contributed by atoms with van der Waals surface area (Å²) in [6, 6.07) is 4.01. The molecule has 0 amide bonds. The van der Waals surface area contributed by atoms with E-state index < -0.39 is 0 Å². The molecular formula is C13H16Cl2. The van der Waals surface area contributed by atoms with Crippen LogP contribution in [-0.4, -0.2) is 0 Å². The van der Waals surface area contributed by atoms with Crippen molar-refractivity contribution in [2.75, 3.05) is 0 Å². The molecule has 1 aromatic carbocycles. The number of rotatable bonds is 3. The molecule has 0 unspecified atom stereocenters. The number of benzene rings is 1. The Hall–Kier alpha value is -0.460. The number of hydrogen-bond donors (Lipinski definition) is 0. The van der Waals surface area contributed by atoms with Gasteiger partial charge in [0.25, 0.3) is 0 Å². The normalized spacial score (nSPS) is 11.5. The predicted molar refractivity (Wildman–Crippen MR) is 69.9 cm³/mol. The average molecular weight is 243 g/mol. The summed E-state index contributed by atoms with van der Waals surface area (Å²) < 4.78 is 0. The van der Waals surface area contributed by atoms with Crippen molar-refractivity contribution in [2.45, 2.75) is 32.6 Å². The first-order valence-electron chi connectivity index (χ1n) is 5.04. The SMILES string of the molecule is C=Cc1cc(C(C)(C)CC)cc(Cl)c1Cl. The minimum Gasteiger partial charge on any atom is -0.0984 e. The van der Waals surface area contributed by atoms with E-state index in [1.807, 2.05) is 6.07 Å². The topological polar surface area (TPSA) is 0 Å². The molecular weight excluding hydrogens is 227 g/mol. The van der Waals surface area contributed by atoms with Crippen LogP contribution in [0.25, 0.3) is 6.08 Å². The molecule has 0 saturated carbocycles. The lowest BCUT2D eigenvalue weighted by atomic mass is 9.81. The summed E-state index contributed by atoms with van der Waals surface area (Å²) in [5.41, 5.74) is 2.22. The second-order valence-corrected chi connectivity index (χ2v) is 5.09. The maximum atomic E-state index is 6.08. The van der Waals surface area contributed by atoms with Crippen LogP contribution in [0.2, 0.25) is 10.0 Å². The summed E-state index contributed by atoms with van der Waals surface area (Å²) in [5, 5.41) is 1.19. The van der Waals surface area contributed by atoms with Gasteiger partial charge in [0, 0.05) is 0 Å². The van der Waals surface area contributed by atoms with Gasteiger partial charge in [-0.05, 0) is 35.1 Å². The Balaban J connectivity index is 3.34. The Morgan fingerprint density at radius 2 is 1.93 bits per heavy atom. The van der Waals surface area contributed by atoms with Gasteiger partial charge in [-0.15, -0.1) is 0 Å². The third-order valence-corrected chi connectivity index (χ3v) is 3.76. The van der Waals surface area contributed by atoms with Gasteiger partial charge < -0.3 is 0 Å². The molecule has 0 aliphatic carbocycles. The molecule has 0 N–H and O–H groups in total. The first kappa shape index (κ1) is 12.6. The molecule has 0 nitrogen and oxygen atoms in total. The number of halogens is 2. The molecule has 2 heteroatoms. The monoisotopic (exact) mass is 242 g/mol. The van der Waals surface area contributed by atoms with Gasteiger partial charge in [-0.25, -0.2) is 0 Å². The maximum Gasteiger partial charge on any atom is 0.0664 e. The smallest absolute Gasteiger partial charge is 0.0664 e. The van der Waals surface area contributed by atoms with Crippen molar-refractivity contribution in [1.29, 1.82) is 0 Å². The third-order valence-electron chi connectivity index (χ3n) is 2.94. The summed E-state index contributed by atoms with van der Waals surface area (Å²) in [5.74, 6) is 0. The Morgan fingerprint density at radius 1 is 1.33 bits per heavy atom. The minimum absolute atomic E-state index is 0.117. The van der Waals surface area contributed by atoms with Crippen molar-refractivity contribution in [2.24, 2.45) is 0 Å². The summed E-state index contributed by atoms with van der Waals surface area (Å²) in [6.45, 7) is 10.3. The van der Waals surface area contributed by atoms with Crippen LogP contribution < -0.4 is 0 Å². The summed E-state index contributed by atoms with van der Waals surface area (Å²) >= 11 is 12.1. The van der Waals surface area contributed by atoms with Crippen molar-refractivity contribution in [3.63, 3.8) is 0 Å². The zero-order chi connectivity index (χ0) is 11.6. The van der Waals surface area contributed by atoms with Crippen LogP contribution in [-0.2, 0) is 5.41 Å². The molecule has 15 heavy (non-hydrogen) atoms. The highest BCUT2D eigenvalue weighted by atomic mass is 35.5. The van der Waals surface area contributed by atoms with Crippen LogP contribution in [0.15, 0.2) is 18.7 Å². The van der Waals surface area contributed by atoms with Crippen LogP contribution in [0.5, 0.6) is 0 Å². The fourth-order valence-corrected chi connectivity index (χ4v) is 1.77. The van der Waals surface area contributed by atoms with Gasteiger partial charge in [-0.3, -0.25) is 0 Å². The quantitative estimate of drug-likeness (QED) is 0.673. The van der Waals surface area contributed by atoms with Gasteiger partial charge >= 0.3 is 0 Å². The molecule has 82 valence electrons. The Bertz CT molecular complexity index is 378. The molecule has 1 rings (SSSR count). The van der Waals surface area contributed by atoms with Gasteiger partial charge in [-0.2, -0.15) is 0 Å². The van der Waals surface area contributed by atoms with E-state index in [4.69, 9.17) is 23.2 Å². The maximum absolute atomic E-state index is 6.08. The van der Waals surface area contributed by atoms with Crippen LogP contribution in [0.4, 0.5) is 0 Å². The standard InChI is InChI=1S/C13H16Cl2/c1-5-9-7-10(13(3,4)6-2)8-11(14)12(9)15/h5,7-8H,1,6H2,2-4H3. The van der Waals surface area contributed by atoms with E-state index in [0.717, 1.165) is 12.0 Å². The van der Waals surface area contributed by atoms with E-state index in [1.54, 1.807) is 6.08 Å². The first-order chi connectivity index (χ1) is 6.92. The third kappa shape index (κ3) is 2.56. The van der Waals surface area contributed by atoms with E-state index in [2.05, 4.69) is 33.4 Å². The zero-order valence-electron chi connectivity index (χ0n) is 9.40.